The largest absolute Gasteiger partial charge is 0.494 e. The van der Waals surface area contributed by atoms with E-state index in [4.69, 9.17) is 10.5 Å². The number of nitrogens with zero attached hydrogens (tertiary/aromatic N) is 2. The van der Waals surface area contributed by atoms with Crippen LogP contribution in [0, 0.1) is 0 Å². The maximum absolute atomic E-state index is 13.0. The Balaban J connectivity index is 1.75. The highest BCUT2D eigenvalue weighted by Crippen LogP contribution is 2.34. The van der Waals surface area contributed by atoms with E-state index in [9.17, 15) is 9.59 Å². The fraction of sp³-hybridized carbons (Fsp3) is 0.167. The first-order valence-corrected chi connectivity index (χ1v) is 8.00. The van der Waals surface area contributed by atoms with Crippen LogP contribution in [0.1, 0.15) is 6.92 Å². The zero-order chi connectivity index (χ0) is 17.6. The van der Waals surface area contributed by atoms with E-state index in [0.717, 1.165) is 4.90 Å². The number of fused-ring (bicyclic) bond motifs is 3. The Labute approximate surface area is 144 Å². The molecule has 7 nitrogen and oxygen atoms in total. The molecule has 0 bridgehead atoms. The molecule has 2 heterocycles. The van der Waals surface area contributed by atoms with Crippen LogP contribution >= 0.6 is 0 Å². The second kappa shape index (κ2) is 5.62. The summed E-state index contributed by atoms with van der Waals surface area (Å²) < 4.78 is 5.40. The molecule has 4 rings (SSSR count). The number of rotatable bonds is 3. The lowest BCUT2D eigenvalue weighted by molar-refractivity contribution is -0.357. The molecule has 2 aliphatic heterocycles. The molecular weight excluding hydrogens is 320 g/mol. The van der Waals surface area contributed by atoms with Gasteiger partial charge in [0.2, 0.25) is 6.04 Å². The summed E-state index contributed by atoms with van der Waals surface area (Å²) in [5, 5.41) is 0. The van der Waals surface area contributed by atoms with Crippen LogP contribution in [0.25, 0.3) is 0 Å². The lowest BCUT2D eigenvalue weighted by Gasteiger charge is -2.23. The normalized spacial score (nSPS) is 18.8. The minimum Gasteiger partial charge on any atom is -0.494 e. The topological polar surface area (TPSA) is 89.8 Å². The van der Waals surface area contributed by atoms with E-state index >= 15 is 0 Å². The van der Waals surface area contributed by atoms with Crippen molar-refractivity contribution in [3.05, 3.63) is 48.5 Å². The number of imide groups is 1. The molecule has 1 fully saturated rings. The van der Waals surface area contributed by atoms with E-state index in [1.54, 1.807) is 30.3 Å². The molecule has 7 heteroatoms. The number of anilines is 2. The van der Waals surface area contributed by atoms with Crippen molar-refractivity contribution in [2.24, 2.45) is 5.73 Å². The number of hydrogen-bond acceptors (Lipinski definition) is 4. The fourth-order valence-corrected chi connectivity index (χ4v) is 3.17. The van der Waals surface area contributed by atoms with Crippen molar-refractivity contribution >= 4 is 34.8 Å². The monoisotopic (exact) mass is 337 g/mol. The highest BCUT2D eigenvalue weighted by atomic mass is 16.5. The van der Waals surface area contributed by atoms with Crippen LogP contribution in [0.15, 0.2) is 48.5 Å². The van der Waals surface area contributed by atoms with E-state index < -0.39 is 12.1 Å². The summed E-state index contributed by atoms with van der Waals surface area (Å²) in [5.41, 5.74) is 7.85. The molecule has 25 heavy (non-hydrogen) atoms. The summed E-state index contributed by atoms with van der Waals surface area (Å²) in [6, 6.07) is 12.8. The van der Waals surface area contributed by atoms with Crippen LogP contribution in [-0.4, -0.2) is 30.4 Å². The smallest absolute Gasteiger partial charge is 0.337 e. The number of urea groups is 1. The molecule has 3 amide bonds. The van der Waals surface area contributed by atoms with Gasteiger partial charge in [0.1, 0.15) is 11.4 Å². The summed E-state index contributed by atoms with van der Waals surface area (Å²) in [7, 11) is 0. The SMILES string of the molecule is CCOc1ccc(N2C(=O)C3C(N)=[NH+]c4ccccc4N3C2=O)cc1. The van der Waals surface area contributed by atoms with E-state index in [0.29, 0.717) is 29.4 Å². The molecule has 1 unspecified atom stereocenters. The van der Waals surface area contributed by atoms with Gasteiger partial charge in [0.15, 0.2) is 0 Å². The van der Waals surface area contributed by atoms with Crippen LogP contribution in [0.5, 0.6) is 5.75 Å². The van der Waals surface area contributed by atoms with Gasteiger partial charge in [0, 0.05) is 0 Å². The molecular formula is C18H17N4O3+. The van der Waals surface area contributed by atoms with Gasteiger partial charge in [-0.05, 0) is 43.3 Å². The number of nitrogens with one attached hydrogen (secondary N) is 1. The Morgan fingerprint density at radius 1 is 1.12 bits per heavy atom. The predicted octanol–water partition coefficient (Wildman–Crippen LogP) is 0.510. The Hall–Kier alpha value is -3.35. The van der Waals surface area contributed by atoms with Gasteiger partial charge >= 0.3 is 6.03 Å². The van der Waals surface area contributed by atoms with Crippen molar-refractivity contribution in [1.82, 2.24) is 0 Å². The highest BCUT2D eigenvalue weighted by Gasteiger charge is 2.53. The van der Waals surface area contributed by atoms with Gasteiger partial charge < -0.3 is 4.74 Å². The summed E-state index contributed by atoms with van der Waals surface area (Å²) in [6.07, 6.45) is 0. The first kappa shape index (κ1) is 15.2. The minimum absolute atomic E-state index is 0.241. The first-order chi connectivity index (χ1) is 12.1. The molecule has 2 aliphatic rings. The van der Waals surface area contributed by atoms with E-state index in [1.165, 1.54) is 4.90 Å². The van der Waals surface area contributed by atoms with Gasteiger partial charge in [-0.2, -0.15) is 0 Å². The molecule has 126 valence electrons. The molecule has 0 saturated carbocycles. The van der Waals surface area contributed by atoms with Crippen molar-refractivity contribution in [3.63, 3.8) is 0 Å². The molecule has 1 saturated heterocycles. The molecule has 0 aromatic heterocycles. The van der Waals surface area contributed by atoms with Gasteiger partial charge in [-0.25, -0.2) is 14.7 Å². The number of para-hydroxylation sites is 2. The average Bonchev–Trinajstić information content (AvgIpc) is 2.88. The number of hydrogen-bond donors (Lipinski definition) is 2. The number of nitrogens with two attached hydrogens (primary N) is 1. The van der Waals surface area contributed by atoms with Gasteiger partial charge in [-0.3, -0.25) is 15.4 Å². The third kappa shape index (κ3) is 2.24. The van der Waals surface area contributed by atoms with E-state index in [2.05, 4.69) is 4.99 Å². The third-order valence-electron chi connectivity index (χ3n) is 4.25. The maximum Gasteiger partial charge on any atom is 0.337 e. The third-order valence-corrected chi connectivity index (χ3v) is 4.25. The van der Waals surface area contributed by atoms with Gasteiger partial charge in [0.05, 0.1) is 18.0 Å². The molecule has 2 aromatic carbocycles. The number of carbonyl (C=O) groups excluding carboxylic acids is 2. The zero-order valence-electron chi connectivity index (χ0n) is 13.6. The number of ether oxygens (including phenoxy) is 1. The second-order valence-electron chi connectivity index (χ2n) is 5.75. The highest BCUT2D eigenvalue weighted by molar-refractivity contribution is 6.35. The second-order valence-corrected chi connectivity index (χ2v) is 5.75. The summed E-state index contributed by atoms with van der Waals surface area (Å²) >= 11 is 0. The van der Waals surface area contributed by atoms with Gasteiger partial charge in [0.25, 0.3) is 11.7 Å². The Bertz CT molecular complexity index is 891. The average molecular weight is 337 g/mol. The van der Waals surface area contributed by atoms with Crippen molar-refractivity contribution < 1.29 is 19.3 Å². The van der Waals surface area contributed by atoms with E-state index in [-0.39, 0.29) is 11.7 Å². The zero-order valence-corrected chi connectivity index (χ0v) is 13.6. The lowest BCUT2D eigenvalue weighted by Crippen LogP contribution is -2.77. The molecule has 2 aromatic rings. The quantitative estimate of drug-likeness (QED) is 0.799. The minimum atomic E-state index is -0.853. The van der Waals surface area contributed by atoms with Crippen molar-refractivity contribution in [1.29, 1.82) is 0 Å². The van der Waals surface area contributed by atoms with Crippen molar-refractivity contribution in [2.75, 3.05) is 16.4 Å². The van der Waals surface area contributed by atoms with E-state index in [1.807, 2.05) is 25.1 Å². The van der Waals surface area contributed by atoms with Crippen LogP contribution in [0.2, 0.25) is 0 Å². The van der Waals surface area contributed by atoms with Crippen LogP contribution in [0.4, 0.5) is 21.9 Å². The van der Waals surface area contributed by atoms with Gasteiger partial charge in [-0.15, -0.1) is 0 Å². The number of carbonyl (C=O) groups is 2. The fourth-order valence-electron chi connectivity index (χ4n) is 3.17. The Morgan fingerprint density at radius 3 is 2.56 bits per heavy atom. The number of benzene rings is 2. The lowest BCUT2D eigenvalue weighted by atomic mass is 10.1. The number of amides is 3. The Kier molecular flexibility index (Phi) is 3.42. The standard InChI is InChI=1S/C18H16N4O3/c1-2-25-12-9-7-11(8-10-12)21-17(23)15-16(19)20-13-5-3-4-6-14(13)22(15)18(21)24/h3-10,15H,2H2,1H3,(H2,19,20)/p+1. The van der Waals surface area contributed by atoms with Crippen molar-refractivity contribution in [2.45, 2.75) is 13.0 Å². The van der Waals surface area contributed by atoms with Crippen molar-refractivity contribution in [3.8, 4) is 5.75 Å². The van der Waals surface area contributed by atoms with Crippen LogP contribution in [-0.2, 0) is 4.79 Å². The first-order valence-electron chi connectivity index (χ1n) is 8.00. The van der Waals surface area contributed by atoms with Crippen LogP contribution in [0.3, 0.4) is 0 Å². The number of amidine groups is 1. The molecule has 0 aliphatic carbocycles. The van der Waals surface area contributed by atoms with Crippen LogP contribution < -0.4 is 25.3 Å². The molecule has 0 spiro atoms. The molecule has 0 radical (unpaired) electrons. The maximum atomic E-state index is 13.0. The van der Waals surface area contributed by atoms with Gasteiger partial charge in [-0.1, -0.05) is 12.1 Å². The molecule has 3 N–H and O–H groups in total. The Morgan fingerprint density at radius 2 is 1.84 bits per heavy atom. The summed E-state index contributed by atoms with van der Waals surface area (Å²) in [4.78, 5) is 31.4. The predicted molar refractivity (Wildman–Crippen MR) is 93.0 cm³/mol. The summed E-state index contributed by atoms with van der Waals surface area (Å²) in [5.74, 6) is 0.542. The summed E-state index contributed by atoms with van der Waals surface area (Å²) in [6.45, 7) is 2.44. The molecule has 1 atom stereocenters.